The van der Waals surface area contributed by atoms with Gasteiger partial charge in [-0.2, -0.15) is 0 Å². The van der Waals surface area contributed by atoms with Gasteiger partial charge in [-0.05, 0) is 18.4 Å². The fourth-order valence-corrected chi connectivity index (χ4v) is 2.55. The van der Waals surface area contributed by atoms with E-state index in [9.17, 15) is 4.79 Å². The number of nitrogens with zero attached hydrogens (tertiary/aromatic N) is 1. The van der Waals surface area contributed by atoms with E-state index in [0.29, 0.717) is 11.7 Å². The second kappa shape index (κ2) is 5.01. The monoisotopic (exact) mass is 231 g/mol. The van der Waals surface area contributed by atoms with Crippen molar-refractivity contribution in [1.29, 1.82) is 0 Å². The van der Waals surface area contributed by atoms with Crippen LogP contribution in [0.15, 0.2) is 30.3 Å². The molecule has 1 aromatic rings. The molecule has 1 heterocycles. The Bertz CT molecular complexity index is 387. The molecule has 0 radical (unpaired) electrons. The van der Waals surface area contributed by atoms with Crippen LogP contribution in [0.2, 0.25) is 0 Å². The maximum atomic E-state index is 12.1. The minimum Gasteiger partial charge on any atom is -0.298 e. The topological polar surface area (TPSA) is 20.3 Å². The van der Waals surface area contributed by atoms with Crippen molar-refractivity contribution in [2.75, 3.05) is 6.54 Å². The van der Waals surface area contributed by atoms with Gasteiger partial charge in [0.1, 0.15) is 0 Å². The van der Waals surface area contributed by atoms with E-state index in [1.54, 1.807) is 0 Å². The zero-order valence-electron chi connectivity index (χ0n) is 10.9. The number of hydrogen-bond donors (Lipinski definition) is 0. The molecule has 92 valence electrons. The van der Waals surface area contributed by atoms with Crippen LogP contribution in [0.3, 0.4) is 0 Å². The molecule has 3 atom stereocenters. The molecule has 0 amide bonds. The lowest BCUT2D eigenvalue weighted by Crippen LogP contribution is -2.50. The Morgan fingerprint density at radius 2 is 1.82 bits per heavy atom. The van der Waals surface area contributed by atoms with Gasteiger partial charge in [-0.15, -0.1) is 0 Å². The van der Waals surface area contributed by atoms with Crippen LogP contribution >= 0.6 is 0 Å². The van der Waals surface area contributed by atoms with E-state index >= 15 is 0 Å². The molecule has 2 heteroatoms. The summed E-state index contributed by atoms with van der Waals surface area (Å²) < 4.78 is 0. The lowest BCUT2D eigenvalue weighted by atomic mass is 9.83. The molecular weight excluding hydrogens is 210 g/mol. The van der Waals surface area contributed by atoms with Gasteiger partial charge in [-0.1, -0.05) is 44.2 Å². The maximum Gasteiger partial charge on any atom is 0.152 e. The summed E-state index contributed by atoms with van der Waals surface area (Å²) in [6.45, 7) is 8.16. The molecule has 0 aromatic heterocycles. The summed E-state index contributed by atoms with van der Waals surface area (Å²) in [5, 5.41) is 0. The van der Waals surface area contributed by atoms with Crippen LogP contribution < -0.4 is 0 Å². The van der Waals surface area contributed by atoms with Gasteiger partial charge in [0, 0.05) is 19.0 Å². The Hall–Kier alpha value is -1.15. The van der Waals surface area contributed by atoms with Gasteiger partial charge in [0.15, 0.2) is 5.78 Å². The highest BCUT2D eigenvalue weighted by atomic mass is 16.1. The van der Waals surface area contributed by atoms with Crippen molar-refractivity contribution >= 4 is 5.78 Å². The minimum atomic E-state index is 0.0569. The van der Waals surface area contributed by atoms with Crippen LogP contribution in [-0.4, -0.2) is 23.3 Å². The van der Waals surface area contributed by atoms with Crippen LogP contribution in [0.25, 0.3) is 0 Å². The van der Waals surface area contributed by atoms with E-state index in [1.807, 2.05) is 13.0 Å². The van der Waals surface area contributed by atoms with E-state index in [4.69, 9.17) is 0 Å². The first-order chi connectivity index (χ1) is 8.09. The zero-order valence-corrected chi connectivity index (χ0v) is 10.9. The molecule has 1 aromatic carbocycles. The van der Waals surface area contributed by atoms with Crippen molar-refractivity contribution in [2.45, 2.75) is 33.4 Å². The summed E-state index contributed by atoms with van der Waals surface area (Å²) in [6.07, 6.45) is 0. The first-order valence-electron chi connectivity index (χ1n) is 6.41. The standard InChI is InChI=1S/C15H21NO/c1-11-9-16(13(3)15(17)12(11)2)10-14-7-5-4-6-8-14/h4-8,11-13H,9-10H2,1-3H3/t11-,12-,13-/m1/s1. The summed E-state index contributed by atoms with van der Waals surface area (Å²) in [4.78, 5) is 14.4. The number of Topliss-reactive ketones (excluding diaryl/α,β-unsaturated/α-hetero) is 1. The van der Waals surface area contributed by atoms with E-state index in [0.717, 1.165) is 13.1 Å². The van der Waals surface area contributed by atoms with Crippen molar-refractivity contribution < 1.29 is 4.79 Å². The number of carbonyl (C=O) groups excluding carboxylic acids is 1. The van der Waals surface area contributed by atoms with E-state index in [1.165, 1.54) is 5.56 Å². The lowest BCUT2D eigenvalue weighted by molar-refractivity contribution is -0.133. The minimum absolute atomic E-state index is 0.0569. The maximum absolute atomic E-state index is 12.1. The van der Waals surface area contributed by atoms with Crippen molar-refractivity contribution in [3.63, 3.8) is 0 Å². The van der Waals surface area contributed by atoms with Crippen LogP contribution in [0.1, 0.15) is 26.3 Å². The Morgan fingerprint density at radius 1 is 1.18 bits per heavy atom. The van der Waals surface area contributed by atoms with E-state index in [2.05, 4.69) is 43.0 Å². The predicted octanol–water partition coefficient (Wildman–Crippen LogP) is 2.73. The number of likely N-dealkylation sites (tertiary alicyclic amines) is 1. The van der Waals surface area contributed by atoms with E-state index in [-0.39, 0.29) is 12.0 Å². The van der Waals surface area contributed by atoms with Crippen molar-refractivity contribution in [3.8, 4) is 0 Å². The van der Waals surface area contributed by atoms with Gasteiger partial charge in [-0.25, -0.2) is 0 Å². The molecule has 1 fully saturated rings. The quantitative estimate of drug-likeness (QED) is 0.780. The number of piperidine rings is 1. The highest BCUT2D eigenvalue weighted by Crippen LogP contribution is 2.25. The van der Waals surface area contributed by atoms with Gasteiger partial charge >= 0.3 is 0 Å². The number of benzene rings is 1. The average Bonchev–Trinajstić information content (AvgIpc) is 2.35. The van der Waals surface area contributed by atoms with Gasteiger partial charge in [-0.3, -0.25) is 9.69 Å². The molecule has 0 unspecified atom stereocenters. The second-order valence-corrected chi connectivity index (χ2v) is 5.26. The molecule has 0 spiro atoms. The molecule has 17 heavy (non-hydrogen) atoms. The first kappa shape index (κ1) is 12.3. The van der Waals surface area contributed by atoms with Crippen LogP contribution in [0.4, 0.5) is 0 Å². The molecule has 2 nitrogen and oxygen atoms in total. The highest BCUT2D eigenvalue weighted by Gasteiger charge is 2.35. The van der Waals surface area contributed by atoms with Crippen LogP contribution in [0, 0.1) is 11.8 Å². The zero-order chi connectivity index (χ0) is 12.4. The number of hydrogen-bond acceptors (Lipinski definition) is 2. The molecule has 2 rings (SSSR count). The van der Waals surface area contributed by atoms with Crippen molar-refractivity contribution in [1.82, 2.24) is 4.90 Å². The summed E-state index contributed by atoms with van der Waals surface area (Å²) in [6, 6.07) is 10.4. The SMILES string of the molecule is C[C@@H]1CN(Cc2ccccc2)[C@H](C)C(=O)[C@@H]1C. The van der Waals surface area contributed by atoms with Gasteiger partial charge in [0.25, 0.3) is 0 Å². The third-order valence-corrected chi connectivity index (χ3v) is 4.01. The lowest BCUT2D eigenvalue weighted by Gasteiger charge is -2.39. The highest BCUT2D eigenvalue weighted by molar-refractivity contribution is 5.86. The van der Waals surface area contributed by atoms with Crippen LogP contribution in [-0.2, 0) is 11.3 Å². The summed E-state index contributed by atoms with van der Waals surface area (Å²) in [5.41, 5.74) is 1.29. The summed E-state index contributed by atoms with van der Waals surface area (Å²) >= 11 is 0. The Morgan fingerprint density at radius 3 is 2.47 bits per heavy atom. The third-order valence-electron chi connectivity index (χ3n) is 4.01. The molecule has 0 aliphatic carbocycles. The molecule has 0 N–H and O–H groups in total. The molecular formula is C15H21NO. The van der Waals surface area contributed by atoms with Gasteiger partial charge in [0.2, 0.25) is 0 Å². The van der Waals surface area contributed by atoms with Gasteiger partial charge in [0.05, 0.1) is 6.04 Å². The molecule has 0 bridgehead atoms. The fourth-order valence-electron chi connectivity index (χ4n) is 2.55. The normalized spacial score (nSPS) is 30.5. The van der Waals surface area contributed by atoms with E-state index < -0.39 is 0 Å². The van der Waals surface area contributed by atoms with Crippen molar-refractivity contribution in [2.24, 2.45) is 11.8 Å². The molecule has 0 saturated carbocycles. The van der Waals surface area contributed by atoms with Gasteiger partial charge < -0.3 is 0 Å². The summed E-state index contributed by atoms with van der Waals surface area (Å²) in [5.74, 6) is 1.05. The molecule has 1 aliphatic rings. The summed E-state index contributed by atoms with van der Waals surface area (Å²) in [7, 11) is 0. The number of carbonyl (C=O) groups is 1. The largest absolute Gasteiger partial charge is 0.298 e. The van der Waals surface area contributed by atoms with Crippen molar-refractivity contribution in [3.05, 3.63) is 35.9 Å². The third kappa shape index (κ3) is 2.58. The Labute approximate surface area is 104 Å². The second-order valence-electron chi connectivity index (χ2n) is 5.26. The molecule has 1 aliphatic heterocycles. The fraction of sp³-hybridized carbons (Fsp3) is 0.533. The Balaban J connectivity index is 2.09. The van der Waals surface area contributed by atoms with Crippen LogP contribution in [0.5, 0.6) is 0 Å². The average molecular weight is 231 g/mol. The Kier molecular flexibility index (Phi) is 3.63. The smallest absolute Gasteiger partial charge is 0.152 e. The first-order valence-corrected chi connectivity index (χ1v) is 6.41. The number of ketones is 1. The predicted molar refractivity (Wildman–Crippen MR) is 69.6 cm³/mol. The molecule has 1 saturated heterocycles. The number of rotatable bonds is 2.